The van der Waals surface area contributed by atoms with Gasteiger partial charge in [-0.3, -0.25) is 11.3 Å². The summed E-state index contributed by atoms with van der Waals surface area (Å²) in [6.07, 6.45) is 6.34. The van der Waals surface area contributed by atoms with Gasteiger partial charge in [0.15, 0.2) is 0 Å². The van der Waals surface area contributed by atoms with Crippen molar-refractivity contribution < 1.29 is 9.13 Å². The summed E-state index contributed by atoms with van der Waals surface area (Å²) in [4.78, 5) is 0. The highest BCUT2D eigenvalue weighted by Gasteiger charge is 2.40. The molecule has 0 saturated heterocycles. The van der Waals surface area contributed by atoms with Crippen LogP contribution in [-0.2, 0) is 4.74 Å². The number of hydrogen-bond acceptors (Lipinski definition) is 3. The Labute approximate surface area is 124 Å². The molecule has 3 nitrogen and oxygen atoms in total. The average Bonchev–Trinajstić information content (AvgIpc) is 2.70. The second-order valence-electron chi connectivity index (χ2n) is 5.45. The molecule has 2 rings (SSSR count). The lowest BCUT2D eigenvalue weighted by Crippen LogP contribution is -2.48. The molecule has 0 amide bonds. The van der Waals surface area contributed by atoms with Crippen LogP contribution >= 0.6 is 11.6 Å². The SMILES string of the molecule is COC1(C(NN)c2cc(F)ccc2Cl)CCCCCC1. The van der Waals surface area contributed by atoms with Gasteiger partial charge in [0, 0.05) is 12.1 Å². The smallest absolute Gasteiger partial charge is 0.123 e. The number of hydrogen-bond donors (Lipinski definition) is 2. The summed E-state index contributed by atoms with van der Waals surface area (Å²) in [6.45, 7) is 0. The van der Waals surface area contributed by atoms with Gasteiger partial charge in [-0.2, -0.15) is 0 Å². The Morgan fingerprint density at radius 2 is 1.95 bits per heavy atom. The van der Waals surface area contributed by atoms with Crippen LogP contribution in [0.15, 0.2) is 18.2 Å². The van der Waals surface area contributed by atoms with Crippen LogP contribution in [0.4, 0.5) is 4.39 Å². The van der Waals surface area contributed by atoms with E-state index < -0.39 is 5.60 Å². The highest BCUT2D eigenvalue weighted by molar-refractivity contribution is 6.31. The molecular weight excluding hydrogens is 279 g/mol. The van der Waals surface area contributed by atoms with Crippen LogP contribution in [0.2, 0.25) is 5.02 Å². The lowest BCUT2D eigenvalue weighted by molar-refractivity contribution is -0.0541. The first kappa shape index (κ1) is 15.7. The van der Waals surface area contributed by atoms with E-state index in [1.807, 2.05) is 0 Å². The Kier molecular flexibility index (Phi) is 5.38. The van der Waals surface area contributed by atoms with Crippen LogP contribution in [0.5, 0.6) is 0 Å². The number of rotatable bonds is 4. The van der Waals surface area contributed by atoms with Crippen molar-refractivity contribution in [3.8, 4) is 0 Å². The molecule has 0 spiro atoms. The predicted molar refractivity (Wildman–Crippen MR) is 78.9 cm³/mol. The molecule has 5 heteroatoms. The summed E-state index contributed by atoms with van der Waals surface area (Å²) in [5.74, 6) is 5.44. The fourth-order valence-corrected chi connectivity index (χ4v) is 3.43. The molecule has 0 radical (unpaired) electrons. The molecule has 112 valence electrons. The molecule has 20 heavy (non-hydrogen) atoms. The van der Waals surface area contributed by atoms with Gasteiger partial charge in [-0.1, -0.05) is 37.3 Å². The maximum Gasteiger partial charge on any atom is 0.123 e. The summed E-state index contributed by atoms with van der Waals surface area (Å²) in [6, 6.07) is 4.05. The van der Waals surface area contributed by atoms with Crippen molar-refractivity contribution in [2.24, 2.45) is 5.84 Å². The van der Waals surface area contributed by atoms with Crippen LogP contribution in [-0.4, -0.2) is 12.7 Å². The molecule has 1 aliphatic carbocycles. The summed E-state index contributed by atoms with van der Waals surface area (Å²) in [5.41, 5.74) is 3.04. The molecule has 0 bridgehead atoms. The molecular formula is C15H22ClFN2O. The Morgan fingerprint density at radius 1 is 1.30 bits per heavy atom. The zero-order valence-corrected chi connectivity index (χ0v) is 12.5. The first-order chi connectivity index (χ1) is 9.63. The van der Waals surface area contributed by atoms with Crippen LogP contribution in [0, 0.1) is 5.82 Å². The predicted octanol–water partition coefficient (Wildman–Crippen LogP) is 3.72. The molecule has 1 aromatic rings. The van der Waals surface area contributed by atoms with Crippen molar-refractivity contribution in [1.29, 1.82) is 0 Å². The highest BCUT2D eigenvalue weighted by Crippen LogP contribution is 2.41. The standard InChI is InChI=1S/C15H22ClFN2O/c1-20-15(8-4-2-3-5-9-15)14(19-18)12-10-11(17)6-7-13(12)16/h6-7,10,14,19H,2-5,8-9,18H2,1H3. The molecule has 0 heterocycles. The molecule has 1 aromatic carbocycles. The van der Waals surface area contributed by atoms with E-state index in [9.17, 15) is 4.39 Å². The third-order valence-corrected chi connectivity index (χ3v) is 4.66. The van der Waals surface area contributed by atoms with Gasteiger partial charge in [0.05, 0.1) is 11.6 Å². The van der Waals surface area contributed by atoms with E-state index in [1.54, 1.807) is 13.2 Å². The second kappa shape index (κ2) is 6.85. The number of benzene rings is 1. The molecule has 1 fully saturated rings. The third-order valence-electron chi connectivity index (χ3n) is 4.32. The number of halogens is 2. The normalized spacial score (nSPS) is 20.4. The fourth-order valence-electron chi connectivity index (χ4n) is 3.20. The molecule has 1 saturated carbocycles. The van der Waals surface area contributed by atoms with Gasteiger partial charge in [0.2, 0.25) is 0 Å². The number of hydrazine groups is 1. The van der Waals surface area contributed by atoms with E-state index in [-0.39, 0.29) is 11.9 Å². The fraction of sp³-hybridized carbons (Fsp3) is 0.600. The minimum Gasteiger partial charge on any atom is -0.376 e. The van der Waals surface area contributed by atoms with Crippen LogP contribution in [0.25, 0.3) is 0 Å². The van der Waals surface area contributed by atoms with Crippen molar-refractivity contribution in [3.63, 3.8) is 0 Å². The van der Waals surface area contributed by atoms with Gasteiger partial charge < -0.3 is 4.74 Å². The molecule has 3 N–H and O–H groups in total. The van der Waals surface area contributed by atoms with Gasteiger partial charge in [0.25, 0.3) is 0 Å². The Bertz CT molecular complexity index is 447. The van der Waals surface area contributed by atoms with Gasteiger partial charge >= 0.3 is 0 Å². The van der Waals surface area contributed by atoms with E-state index in [4.69, 9.17) is 22.2 Å². The molecule has 1 atom stereocenters. The van der Waals surface area contributed by atoms with Crippen LogP contribution in [0.3, 0.4) is 0 Å². The van der Waals surface area contributed by atoms with E-state index in [0.717, 1.165) is 25.7 Å². The van der Waals surface area contributed by atoms with Crippen LogP contribution in [0.1, 0.15) is 50.1 Å². The molecule has 0 aliphatic heterocycles. The Morgan fingerprint density at radius 3 is 2.50 bits per heavy atom. The third kappa shape index (κ3) is 3.14. The van der Waals surface area contributed by atoms with Gasteiger partial charge in [-0.05, 0) is 36.6 Å². The van der Waals surface area contributed by atoms with Crippen molar-refractivity contribution in [2.75, 3.05) is 7.11 Å². The topological polar surface area (TPSA) is 47.3 Å². The Balaban J connectivity index is 2.40. The van der Waals surface area contributed by atoms with Crippen LogP contribution < -0.4 is 11.3 Å². The number of ether oxygens (including phenoxy) is 1. The lowest BCUT2D eigenvalue weighted by atomic mass is 9.82. The Hall–Kier alpha value is -0.680. The number of methoxy groups -OCH3 is 1. The summed E-state index contributed by atoms with van der Waals surface area (Å²) in [5, 5.41) is 0.509. The van der Waals surface area contributed by atoms with Gasteiger partial charge in [0.1, 0.15) is 5.82 Å². The van der Waals surface area contributed by atoms with E-state index >= 15 is 0 Å². The highest BCUT2D eigenvalue weighted by atomic mass is 35.5. The van der Waals surface area contributed by atoms with E-state index in [2.05, 4.69) is 5.43 Å². The number of nitrogens with two attached hydrogens (primary N) is 1. The average molecular weight is 301 g/mol. The minimum absolute atomic E-state index is 0.311. The zero-order valence-electron chi connectivity index (χ0n) is 11.8. The van der Waals surface area contributed by atoms with Gasteiger partial charge in [-0.15, -0.1) is 0 Å². The second-order valence-corrected chi connectivity index (χ2v) is 5.86. The number of nitrogens with one attached hydrogen (secondary N) is 1. The van der Waals surface area contributed by atoms with Crippen molar-refractivity contribution in [1.82, 2.24) is 5.43 Å². The maximum absolute atomic E-state index is 13.6. The maximum atomic E-state index is 13.6. The van der Waals surface area contributed by atoms with Crippen molar-refractivity contribution >= 4 is 11.6 Å². The summed E-state index contributed by atoms with van der Waals surface area (Å²) < 4.78 is 19.4. The molecule has 0 aromatic heterocycles. The molecule has 1 unspecified atom stereocenters. The van der Waals surface area contributed by atoms with Crippen molar-refractivity contribution in [3.05, 3.63) is 34.6 Å². The first-order valence-corrected chi connectivity index (χ1v) is 7.47. The monoisotopic (exact) mass is 300 g/mol. The van der Waals surface area contributed by atoms with E-state index in [0.29, 0.717) is 10.6 Å². The lowest BCUT2D eigenvalue weighted by Gasteiger charge is -2.39. The zero-order chi connectivity index (χ0) is 14.6. The quantitative estimate of drug-likeness (QED) is 0.506. The van der Waals surface area contributed by atoms with Gasteiger partial charge in [-0.25, -0.2) is 4.39 Å². The van der Waals surface area contributed by atoms with E-state index in [1.165, 1.54) is 25.0 Å². The summed E-state index contributed by atoms with van der Waals surface area (Å²) >= 11 is 6.23. The minimum atomic E-state index is -0.428. The summed E-state index contributed by atoms with van der Waals surface area (Å²) in [7, 11) is 1.70. The largest absolute Gasteiger partial charge is 0.376 e. The molecule has 1 aliphatic rings. The first-order valence-electron chi connectivity index (χ1n) is 7.09. The van der Waals surface area contributed by atoms with Crippen molar-refractivity contribution in [2.45, 2.75) is 50.2 Å².